The zero-order valence-electron chi connectivity index (χ0n) is 9.87. The Hall–Kier alpha value is -1.77. The highest BCUT2D eigenvalue weighted by molar-refractivity contribution is 5.38. The van der Waals surface area contributed by atoms with Crippen molar-refractivity contribution in [1.29, 1.82) is 0 Å². The predicted molar refractivity (Wildman–Crippen MR) is 65.2 cm³/mol. The van der Waals surface area contributed by atoms with Crippen LogP contribution in [0.4, 0.5) is 0 Å². The van der Waals surface area contributed by atoms with Gasteiger partial charge in [0, 0.05) is 11.8 Å². The van der Waals surface area contributed by atoms with E-state index in [1.54, 1.807) is 10.7 Å². The molecule has 0 saturated carbocycles. The van der Waals surface area contributed by atoms with E-state index in [1.807, 2.05) is 32.9 Å². The summed E-state index contributed by atoms with van der Waals surface area (Å²) in [5, 5.41) is 3.11. The van der Waals surface area contributed by atoms with Gasteiger partial charge in [-0.15, -0.1) is 0 Å². The molecule has 1 N–H and O–H groups in total. The third kappa shape index (κ3) is 1.94. The van der Waals surface area contributed by atoms with Crippen LogP contribution in [-0.4, -0.2) is 9.78 Å². The van der Waals surface area contributed by atoms with Crippen LogP contribution < -0.4 is 5.56 Å². The van der Waals surface area contributed by atoms with Gasteiger partial charge in [-0.3, -0.25) is 9.89 Å². The third-order valence-electron chi connectivity index (χ3n) is 2.62. The normalized spacial score (nSPS) is 10.7. The van der Waals surface area contributed by atoms with Crippen molar-refractivity contribution in [3.05, 3.63) is 51.4 Å². The number of hydrogen-bond acceptors (Lipinski definition) is 1. The first-order chi connectivity index (χ1) is 7.60. The van der Waals surface area contributed by atoms with Crippen LogP contribution in [0.3, 0.4) is 0 Å². The monoisotopic (exact) mass is 216 g/mol. The Bertz CT molecular complexity index is 543. The maximum atomic E-state index is 11.8. The fraction of sp³-hybridized carbons (Fsp3) is 0.308. The van der Waals surface area contributed by atoms with Crippen molar-refractivity contribution >= 4 is 0 Å². The summed E-state index contributed by atoms with van der Waals surface area (Å²) in [6, 6.07) is 7.75. The molecule has 1 heterocycles. The van der Waals surface area contributed by atoms with Gasteiger partial charge in [0.15, 0.2) is 0 Å². The lowest BCUT2D eigenvalue weighted by Crippen LogP contribution is -2.13. The molecule has 0 saturated heterocycles. The molecule has 3 heteroatoms. The second-order valence-corrected chi connectivity index (χ2v) is 4.15. The van der Waals surface area contributed by atoms with Gasteiger partial charge in [-0.05, 0) is 43.5 Å². The van der Waals surface area contributed by atoms with Crippen molar-refractivity contribution in [3.8, 4) is 5.69 Å². The lowest BCUT2D eigenvalue weighted by atomic mass is 10.1. The molecule has 0 unspecified atom stereocenters. The SMILES string of the molecule is CCc1cc(=O)n(-c2cc(C)cc(C)c2)[nH]1. The summed E-state index contributed by atoms with van der Waals surface area (Å²) >= 11 is 0. The minimum Gasteiger partial charge on any atom is -0.295 e. The van der Waals surface area contributed by atoms with Crippen LogP contribution in [0.5, 0.6) is 0 Å². The van der Waals surface area contributed by atoms with E-state index in [9.17, 15) is 4.79 Å². The molecule has 1 aromatic heterocycles. The molecule has 2 rings (SSSR count). The second-order valence-electron chi connectivity index (χ2n) is 4.15. The molecule has 84 valence electrons. The van der Waals surface area contributed by atoms with E-state index in [4.69, 9.17) is 0 Å². The van der Waals surface area contributed by atoms with E-state index in [2.05, 4.69) is 11.2 Å². The van der Waals surface area contributed by atoms with E-state index in [0.717, 1.165) is 28.9 Å². The third-order valence-corrected chi connectivity index (χ3v) is 2.62. The first-order valence-electron chi connectivity index (χ1n) is 5.50. The Morgan fingerprint density at radius 3 is 2.25 bits per heavy atom. The highest BCUT2D eigenvalue weighted by atomic mass is 16.1. The van der Waals surface area contributed by atoms with Gasteiger partial charge in [-0.1, -0.05) is 13.0 Å². The molecule has 0 bridgehead atoms. The van der Waals surface area contributed by atoms with Gasteiger partial charge in [-0.25, -0.2) is 4.68 Å². The Morgan fingerprint density at radius 2 is 1.75 bits per heavy atom. The number of hydrogen-bond donors (Lipinski definition) is 1. The summed E-state index contributed by atoms with van der Waals surface area (Å²) in [5.74, 6) is 0. The molecule has 16 heavy (non-hydrogen) atoms. The van der Waals surface area contributed by atoms with Crippen molar-refractivity contribution < 1.29 is 0 Å². The van der Waals surface area contributed by atoms with Crippen LogP contribution in [-0.2, 0) is 6.42 Å². The first kappa shape index (κ1) is 10.7. The number of nitrogens with one attached hydrogen (secondary N) is 1. The molecule has 1 aromatic carbocycles. The number of aryl methyl sites for hydroxylation is 3. The number of aromatic nitrogens is 2. The molecule has 0 atom stereocenters. The lowest BCUT2D eigenvalue weighted by molar-refractivity contribution is 0.817. The minimum atomic E-state index is 0.00171. The molecule has 0 radical (unpaired) electrons. The average molecular weight is 216 g/mol. The minimum absolute atomic E-state index is 0.00171. The van der Waals surface area contributed by atoms with Crippen molar-refractivity contribution in [1.82, 2.24) is 9.78 Å². The number of aromatic amines is 1. The zero-order valence-corrected chi connectivity index (χ0v) is 9.87. The van der Waals surface area contributed by atoms with Crippen LogP contribution in [0, 0.1) is 13.8 Å². The quantitative estimate of drug-likeness (QED) is 0.822. The molecular formula is C13H16N2O. The first-order valence-corrected chi connectivity index (χ1v) is 5.50. The highest BCUT2D eigenvalue weighted by Crippen LogP contribution is 2.11. The Balaban J connectivity index is 2.57. The second kappa shape index (κ2) is 4.00. The van der Waals surface area contributed by atoms with Gasteiger partial charge in [-0.2, -0.15) is 0 Å². The molecule has 0 aliphatic rings. The summed E-state index contributed by atoms with van der Waals surface area (Å²) < 4.78 is 1.60. The Morgan fingerprint density at radius 1 is 1.12 bits per heavy atom. The van der Waals surface area contributed by atoms with E-state index in [1.165, 1.54) is 0 Å². The van der Waals surface area contributed by atoms with E-state index >= 15 is 0 Å². The summed E-state index contributed by atoms with van der Waals surface area (Å²) in [7, 11) is 0. The van der Waals surface area contributed by atoms with Crippen LogP contribution in [0.2, 0.25) is 0 Å². The van der Waals surface area contributed by atoms with Gasteiger partial charge >= 0.3 is 0 Å². The highest BCUT2D eigenvalue weighted by Gasteiger charge is 2.04. The molecule has 2 aromatic rings. The molecule has 0 fully saturated rings. The summed E-state index contributed by atoms with van der Waals surface area (Å²) in [5.41, 5.74) is 4.19. The van der Waals surface area contributed by atoms with Crippen molar-refractivity contribution in [2.45, 2.75) is 27.2 Å². The molecule has 0 amide bonds. The Labute approximate surface area is 94.7 Å². The van der Waals surface area contributed by atoms with Gasteiger partial charge in [0.2, 0.25) is 0 Å². The maximum absolute atomic E-state index is 11.8. The van der Waals surface area contributed by atoms with Crippen LogP contribution in [0.1, 0.15) is 23.7 Å². The Kier molecular flexibility index (Phi) is 2.69. The van der Waals surface area contributed by atoms with Crippen molar-refractivity contribution in [3.63, 3.8) is 0 Å². The van der Waals surface area contributed by atoms with E-state index in [-0.39, 0.29) is 5.56 Å². The van der Waals surface area contributed by atoms with Gasteiger partial charge in [0.1, 0.15) is 0 Å². The standard InChI is InChI=1S/C13H16N2O/c1-4-11-8-13(16)15(14-11)12-6-9(2)5-10(3)7-12/h5-8,14H,4H2,1-3H3. The van der Waals surface area contributed by atoms with Crippen molar-refractivity contribution in [2.24, 2.45) is 0 Å². The molecule has 0 aliphatic heterocycles. The van der Waals surface area contributed by atoms with Crippen LogP contribution in [0.25, 0.3) is 5.69 Å². The topological polar surface area (TPSA) is 37.8 Å². The zero-order chi connectivity index (χ0) is 11.7. The molecule has 3 nitrogen and oxygen atoms in total. The molecule has 0 spiro atoms. The number of H-pyrrole nitrogens is 1. The number of rotatable bonds is 2. The molecule has 0 aliphatic carbocycles. The fourth-order valence-corrected chi connectivity index (χ4v) is 1.90. The summed E-state index contributed by atoms with van der Waals surface area (Å²) in [6.07, 6.45) is 0.840. The van der Waals surface area contributed by atoms with Gasteiger partial charge in [0.05, 0.1) is 5.69 Å². The number of benzene rings is 1. The molecular weight excluding hydrogens is 200 g/mol. The largest absolute Gasteiger partial charge is 0.295 e. The number of nitrogens with zero attached hydrogens (tertiary/aromatic N) is 1. The lowest BCUT2D eigenvalue weighted by Gasteiger charge is -2.05. The average Bonchev–Trinajstić information content (AvgIpc) is 2.58. The predicted octanol–water partition coefficient (Wildman–Crippen LogP) is 2.34. The van der Waals surface area contributed by atoms with Crippen molar-refractivity contribution in [2.75, 3.05) is 0 Å². The van der Waals surface area contributed by atoms with Gasteiger partial charge in [0.25, 0.3) is 5.56 Å². The summed E-state index contributed by atoms with van der Waals surface area (Å²) in [4.78, 5) is 11.8. The van der Waals surface area contributed by atoms with Crippen LogP contribution >= 0.6 is 0 Å². The smallest absolute Gasteiger partial charge is 0.271 e. The maximum Gasteiger partial charge on any atom is 0.271 e. The van der Waals surface area contributed by atoms with Crippen LogP contribution in [0.15, 0.2) is 29.1 Å². The van der Waals surface area contributed by atoms with E-state index in [0.29, 0.717) is 0 Å². The summed E-state index contributed by atoms with van der Waals surface area (Å²) in [6.45, 7) is 6.09. The fourth-order valence-electron chi connectivity index (χ4n) is 1.90. The van der Waals surface area contributed by atoms with Gasteiger partial charge < -0.3 is 0 Å². The van der Waals surface area contributed by atoms with E-state index < -0.39 is 0 Å².